The van der Waals surface area contributed by atoms with Crippen LogP contribution in [-0.4, -0.2) is 27.2 Å². The number of anilines is 1. The van der Waals surface area contributed by atoms with Gasteiger partial charge in [-0.15, -0.1) is 0 Å². The van der Waals surface area contributed by atoms with Crippen LogP contribution < -0.4 is 9.64 Å². The molecule has 1 aliphatic heterocycles. The van der Waals surface area contributed by atoms with E-state index in [1.54, 1.807) is 17.7 Å². The molecule has 0 radical (unpaired) electrons. The number of pyridine rings is 1. The van der Waals surface area contributed by atoms with Gasteiger partial charge in [-0.2, -0.15) is 5.10 Å². The second-order valence-corrected chi connectivity index (χ2v) is 6.71. The molecule has 1 aromatic carbocycles. The fraction of sp³-hybridized carbons (Fsp3) is 0.250. The minimum Gasteiger partial charge on any atom is -0.487 e. The Bertz CT molecular complexity index is 1030. The molecule has 4 rings (SSSR count). The van der Waals surface area contributed by atoms with E-state index in [4.69, 9.17) is 4.74 Å². The summed E-state index contributed by atoms with van der Waals surface area (Å²) in [5.41, 5.74) is 1.25. The lowest BCUT2D eigenvalue weighted by Gasteiger charge is -2.31. The second-order valence-electron chi connectivity index (χ2n) is 6.71. The highest BCUT2D eigenvalue weighted by Crippen LogP contribution is 2.26. The summed E-state index contributed by atoms with van der Waals surface area (Å²) in [5, 5.41) is 4.46. The molecule has 2 aromatic heterocycles. The highest BCUT2D eigenvalue weighted by atomic mass is 19.1. The van der Waals surface area contributed by atoms with Crippen molar-refractivity contribution in [2.24, 2.45) is 0 Å². The first-order valence-corrected chi connectivity index (χ1v) is 8.84. The van der Waals surface area contributed by atoms with Crippen molar-refractivity contribution in [3.63, 3.8) is 0 Å². The molecule has 0 saturated carbocycles. The lowest BCUT2D eigenvalue weighted by atomic mass is 10.2. The van der Waals surface area contributed by atoms with Gasteiger partial charge in [-0.05, 0) is 56.3 Å². The van der Waals surface area contributed by atoms with E-state index in [0.29, 0.717) is 29.5 Å². The maximum Gasteiger partial charge on any atom is 0.277 e. The number of rotatable bonds is 4. The van der Waals surface area contributed by atoms with Gasteiger partial charge in [0.2, 0.25) is 0 Å². The van der Waals surface area contributed by atoms with Crippen molar-refractivity contribution in [2.75, 3.05) is 11.4 Å². The highest BCUT2D eigenvalue weighted by Gasteiger charge is 2.32. The first kappa shape index (κ1) is 18.1. The molecule has 3 aromatic rings. The van der Waals surface area contributed by atoms with Gasteiger partial charge in [-0.25, -0.2) is 13.8 Å². The molecule has 8 heteroatoms. The van der Waals surface area contributed by atoms with Crippen LogP contribution in [0.25, 0.3) is 0 Å². The van der Waals surface area contributed by atoms with Gasteiger partial charge in [0.15, 0.2) is 0 Å². The van der Waals surface area contributed by atoms with Gasteiger partial charge in [0.05, 0.1) is 11.7 Å². The first-order chi connectivity index (χ1) is 13.4. The van der Waals surface area contributed by atoms with Crippen LogP contribution in [0.5, 0.6) is 5.75 Å². The van der Waals surface area contributed by atoms with Crippen LogP contribution in [-0.2, 0) is 6.61 Å². The lowest BCUT2D eigenvalue weighted by Crippen LogP contribution is -2.43. The van der Waals surface area contributed by atoms with E-state index < -0.39 is 5.82 Å². The average Bonchev–Trinajstić information content (AvgIpc) is 3.12. The minimum absolute atomic E-state index is 0.0839. The largest absolute Gasteiger partial charge is 0.487 e. The highest BCUT2D eigenvalue weighted by molar-refractivity contribution is 6.05. The zero-order chi connectivity index (χ0) is 19.8. The van der Waals surface area contributed by atoms with Crippen molar-refractivity contribution in [3.8, 4) is 5.75 Å². The Labute approximate surface area is 160 Å². The third-order valence-corrected chi connectivity index (χ3v) is 4.60. The van der Waals surface area contributed by atoms with Crippen molar-refractivity contribution < 1.29 is 18.3 Å². The van der Waals surface area contributed by atoms with Gasteiger partial charge in [0.25, 0.3) is 5.91 Å². The molecule has 0 aliphatic carbocycles. The quantitative estimate of drug-likeness (QED) is 0.689. The maximum absolute atomic E-state index is 13.5. The molecule has 0 N–H and O–H groups in total. The number of nitrogens with zero attached hydrogens (tertiary/aromatic N) is 4. The first-order valence-electron chi connectivity index (χ1n) is 8.84. The predicted molar refractivity (Wildman–Crippen MR) is 98.3 cm³/mol. The number of halogens is 2. The Morgan fingerprint density at radius 2 is 1.93 bits per heavy atom. The van der Waals surface area contributed by atoms with Crippen molar-refractivity contribution in [3.05, 3.63) is 71.2 Å². The summed E-state index contributed by atoms with van der Waals surface area (Å²) >= 11 is 0. The van der Waals surface area contributed by atoms with Crippen molar-refractivity contribution in [2.45, 2.75) is 26.5 Å². The van der Waals surface area contributed by atoms with E-state index in [0.717, 1.165) is 0 Å². The number of benzene rings is 1. The summed E-state index contributed by atoms with van der Waals surface area (Å²) in [6.45, 7) is 4.03. The van der Waals surface area contributed by atoms with Gasteiger partial charge < -0.3 is 4.74 Å². The summed E-state index contributed by atoms with van der Waals surface area (Å²) in [4.78, 5) is 18.6. The summed E-state index contributed by atoms with van der Waals surface area (Å²) in [6, 6.07) is 10.1. The molecule has 6 nitrogen and oxygen atoms in total. The molecule has 3 heterocycles. The molecule has 0 bridgehead atoms. The van der Waals surface area contributed by atoms with E-state index in [-0.39, 0.29) is 30.1 Å². The van der Waals surface area contributed by atoms with E-state index in [2.05, 4.69) is 10.1 Å². The second kappa shape index (κ2) is 7.03. The molecule has 28 heavy (non-hydrogen) atoms. The Balaban J connectivity index is 1.56. The van der Waals surface area contributed by atoms with E-state index >= 15 is 0 Å². The number of amides is 1. The summed E-state index contributed by atoms with van der Waals surface area (Å²) < 4.78 is 33.8. The Morgan fingerprint density at radius 3 is 2.64 bits per heavy atom. The number of hydrogen-bond donors (Lipinski definition) is 0. The minimum atomic E-state index is -0.411. The zero-order valence-corrected chi connectivity index (χ0v) is 15.4. The predicted octanol–water partition coefficient (Wildman–Crippen LogP) is 3.67. The van der Waals surface area contributed by atoms with Crippen LogP contribution in [0.15, 0.2) is 42.5 Å². The maximum atomic E-state index is 13.5. The van der Waals surface area contributed by atoms with Crippen LogP contribution >= 0.6 is 0 Å². The summed E-state index contributed by atoms with van der Waals surface area (Å²) in [5.74, 6) is -0.0794. The third-order valence-electron chi connectivity index (χ3n) is 4.60. The van der Waals surface area contributed by atoms with Crippen molar-refractivity contribution in [1.29, 1.82) is 0 Å². The molecule has 1 unspecified atom stereocenters. The van der Waals surface area contributed by atoms with Gasteiger partial charge >= 0.3 is 0 Å². The smallest absolute Gasteiger partial charge is 0.277 e. The molecule has 1 amide bonds. The van der Waals surface area contributed by atoms with Gasteiger partial charge in [-0.1, -0.05) is 0 Å². The molecule has 0 spiro atoms. The molecule has 1 aliphatic rings. The van der Waals surface area contributed by atoms with E-state index in [1.807, 2.05) is 6.92 Å². The van der Waals surface area contributed by atoms with Crippen LogP contribution in [0.2, 0.25) is 0 Å². The van der Waals surface area contributed by atoms with E-state index in [1.165, 1.54) is 41.3 Å². The third kappa shape index (κ3) is 3.33. The molecule has 0 saturated heterocycles. The van der Waals surface area contributed by atoms with Gasteiger partial charge in [0.1, 0.15) is 41.2 Å². The van der Waals surface area contributed by atoms with Crippen LogP contribution in [0.4, 0.5) is 14.6 Å². The van der Waals surface area contributed by atoms with Crippen LogP contribution in [0, 0.1) is 18.6 Å². The van der Waals surface area contributed by atoms with Gasteiger partial charge in [0, 0.05) is 6.54 Å². The number of hydrogen-bond acceptors (Lipinski definition) is 4. The summed E-state index contributed by atoms with van der Waals surface area (Å²) in [6.07, 6.45) is 0. The number of carbonyl (C=O) groups excluding carboxylic acids is 1. The lowest BCUT2D eigenvalue weighted by molar-refractivity contribution is 0.0952. The Hall–Kier alpha value is -3.29. The monoisotopic (exact) mass is 384 g/mol. The zero-order valence-electron chi connectivity index (χ0n) is 15.4. The standard InChI is InChI=1S/C20H18F2N4O2/c1-12-10-25(19-8-7-17(22)13(2)23-19)20(27)18-9-15(24-26(12)18)11-28-16-5-3-14(21)4-6-16/h3-9,12H,10-11H2,1-2H3. The van der Waals surface area contributed by atoms with Crippen molar-refractivity contribution >= 4 is 11.7 Å². The summed E-state index contributed by atoms with van der Waals surface area (Å²) in [7, 11) is 0. The van der Waals surface area contributed by atoms with E-state index in [9.17, 15) is 13.6 Å². The number of aryl methyl sites for hydroxylation is 1. The van der Waals surface area contributed by atoms with Crippen LogP contribution in [0.1, 0.15) is 34.8 Å². The molecular weight excluding hydrogens is 366 g/mol. The number of carbonyl (C=O) groups is 1. The SMILES string of the molecule is Cc1nc(N2CC(C)n3nc(COc4ccc(F)cc4)cc3C2=O)ccc1F. The molecule has 1 atom stereocenters. The number of ether oxygens (including phenoxy) is 1. The Kier molecular flexibility index (Phi) is 4.54. The average molecular weight is 384 g/mol. The molecule has 144 valence electrons. The van der Waals surface area contributed by atoms with Crippen molar-refractivity contribution in [1.82, 2.24) is 14.8 Å². The van der Waals surface area contributed by atoms with Gasteiger partial charge in [-0.3, -0.25) is 14.4 Å². The Morgan fingerprint density at radius 1 is 1.18 bits per heavy atom. The number of fused-ring (bicyclic) bond motifs is 1. The topological polar surface area (TPSA) is 60.3 Å². The fourth-order valence-electron chi connectivity index (χ4n) is 3.14. The number of aromatic nitrogens is 3. The normalized spacial score (nSPS) is 16.2. The van der Waals surface area contributed by atoms with Crippen LogP contribution in [0.3, 0.4) is 0 Å². The molecule has 0 fully saturated rings. The molecular formula is C20H18F2N4O2. The fourth-order valence-corrected chi connectivity index (χ4v) is 3.14.